The largest absolute Gasteiger partial charge is 0.550 e. The summed E-state index contributed by atoms with van der Waals surface area (Å²) in [7, 11) is 0. The molecule has 1 aliphatic rings. The van der Waals surface area contributed by atoms with Crippen LogP contribution in [-0.4, -0.2) is 22.5 Å². The van der Waals surface area contributed by atoms with E-state index in [4.69, 9.17) is 23.2 Å². The van der Waals surface area contributed by atoms with Gasteiger partial charge in [-0.3, -0.25) is 4.79 Å². The van der Waals surface area contributed by atoms with Crippen molar-refractivity contribution in [2.75, 3.05) is 0 Å². The third-order valence-corrected chi connectivity index (χ3v) is 2.18. The van der Waals surface area contributed by atoms with Gasteiger partial charge in [0.1, 0.15) is 5.60 Å². The highest BCUT2D eigenvalue weighted by Gasteiger charge is 2.30. The minimum absolute atomic E-state index is 0.304. The third-order valence-electron chi connectivity index (χ3n) is 1.61. The average molecular weight is 236 g/mol. The summed E-state index contributed by atoms with van der Waals surface area (Å²) in [5, 5.41) is 19.3. The zero-order chi connectivity index (χ0) is 10.9. The number of hydrogen-bond acceptors (Lipinski definition) is 4. The summed E-state index contributed by atoms with van der Waals surface area (Å²) in [6.45, 7) is 0. The van der Waals surface area contributed by atoms with Crippen LogP contribution >= 0.6 is 23.2 Å². The molecule has 76 valence electrons. The lowest BCUT2D eigenvalue weighted by Crippen LogP contribution is -2.36. The van der Waals surface area contributed by atoms with Gasteiger partial charge >= 0.3 is 0 Å². The predicted molar refractivity (Wildman–Crippen MR) is 47.5 cm³/mol. The van der Waals surface area contributed by atoms with E-state index >= 15 is 0 Å². The molecule has 1 rings (SSSR count). The number of ketones is 1. The number of halogens is 2. The van der Waals surface area contributed by atoms with Crippen molar-refractivity contribution >= 4 is 35.0 Å². The maximum absolute atomic E-state index is 11.0. The van der Waals surface area contributed by atoms with Crippen molar-refractivity contribution in [3.05, 3.63) is 22.2 Å². The van der Waals surface area contributed by atoms with Crippen LogP contribution in [0.25, 0.3) is 0 Å². The monoisotopic (exact) mass is 235 g/mol. The minimum Gasteiger partial charge on any atom is -0.550 e. The van der Waals surface area contributed by atoms with Crippen LogP contribution in [-0.2, 0) is 9.59 Å². The summed E-state index contributed by atoms with van der Waals surface area (Å²) in [5.74, 6) is -2.11. The number of allylic oxidation sites excluding steroid dienone is 2. The lowest BCUT2D eigenvalue weighted by atomic mass is 9.94. The first-order valence-electron chi connectivity index (χ1n) is 3.58. The summed E-state index contributed by atoms with van der Waals surface area (Å²) in [5.41, 5.74) is -1.85. The maximum Gasteiger partial charge on any atom is 0.215 e. The first-order chi connectivity index (χ1) is 6.34. The number of carbonyl (C=O) groups excluding carboxylic acids is 2. The second-order valence-electron chi connectivity index (χ2n) is 2.85. The van der Waals surface area contributed by atoms with Crippen LogP contribution in [0, 0.1) is 0 Å². The van der Waals surface area contributed by atoms with Crippen molar-refractivity contribution in [3.8, 4) is 0 Å². The van der Waals surface area contributed by atoms with Crippen LogP contribution in [0.15, 0.2) is 22.2 Å². The average Bonchev–Trinajstić information content (AvgIpc) is 1.97. The third kappa shape index (κ3) is 2.35. The first-order valence-corrected chi connectivity index (χ1v) is 4.33. The molecule has 0 amide bonds. The zero-order valence-corrected chi connectivity index (χ0v) is 8.30. The van der Waals surface area contributed by atoms with E-state index in [0.717, 1.165) is 12.2 Å². The Balaban J connectivity index is 3.02. The highest BCUT2D eigenvalue weighted by atomic mass is 35.5. The second kappa shape index (κ2) is 3.73. The Morgan fingerprint density at radius 2 is 1.86 bits per heavy atom. The topological polar surface area (TPSA) is 77.4 Å². The Kier molecular flexibility index (Phi) is 2.99. The normalized spacial score (nSPS) is 20.1. The van der Waals surface area contributed by atoms with Crippen molar-refractivity contribution in [1.29, 1.82) is 0 Å². The lowest BCUT2D eigenvalue weighted by molar-refractivity contribution is -0.307. The van der Waals surface area contributed by atoms with Gasteiger partial charge in [-0.1, -0.05) is 23.2 Å². The molecule has 0 aromatic rings. The molecule has 0 spiro atoms. The molecule has 0 aromatic heterocycles. The summed E-state index contributed by atoms with van der Waals surface area (Å²) in [4.78, 5) is 21.3. The van der Waals surface area contributed by atoms with Crippen molar-refractivity contribution in [1.82, 2.24) is 0 Å². The van der Waals surface area contributed by atoms with Gasteiger partial charge in [-0.25, -0.2) is 0 Å². The van der Waals surface area contributed by atoms with Crippen LogP contribution in [0.3, 0.4) is 0 Å². The summed E-state index contributed by atoms with van der Waals surface area (Å²) >= 11 is 10.9. The number of carboxylic acid groups (broad SMARTS) is 1. The van der Waals surface area contributed by atoms with E-state index in [1.54, 1.807) is 0 Å². The summed E-state index contributed by atoms with van der Waals surface area (Å²) in [6, 6.07) is 0. The van der Waals surface area contributed by atoms with E-state index in [2.05, 4.69) is 0 Å². The van der Waals surface area contributed by atoms with Gasteiger partial charge in [-0.05, 0) is 12.2 Å². The van der Waals surface area contributed by atoms with Gasteiger partial charge in [0.2, 0.25) is 5.78 Å². The highest BCUT2D eigenvalue weighted by molar-refractivity contribution is 6.55. The molecule has 0 aromatic carbocycles. The fraction of sp³-hybridized carbons (Fsp3) is 0.250. The van der Waals surface area contributed by atoms with Gasteiger partial charge in [0.15, 0.2) is 0 Å². The molecule has 0 radical (unpaired) electrons. The fourth-order valence-corrected chi connectivity index (χ4v) is 1.69. The van der Waals surface area contributed by atoms with Crippen LogP contribution in [0.2, 0.25) is 0 Å². The molecule has 0 heterocycles. The van der Waals surface area contributed by atoms with Crippen molar-refractivity contribution in [2.24, 2.45) is 0 Å². The van der Waals surface area contributed by atoms with Crippen molar-refractivity contribution in [2.45, 2.75) is 12.0 Å². The number of Topliss-reactive ketones (excluding diaryl/α,β-unsaturated/α-hetero) is 1. The van der Waals surface area contributed by atoms with Gasteiger partial charge in [-0.15, -0.1) is 0 Å². The molecule has 4 nitrogen and oxygen atoms in total. The molecule has 1 N–H and O–H groups in total. The molecular formula is C8H5Cl2O4-. The van der Waals surface area contributed by atoms with E-state index < -0.39 is 23.8 Å². The van der Waals surface area contributed by atoms with Gasteiger partial charge in [0, 0.05) is 12.4 Å². The molecule has 0 fully saturated rings. The van der Waals surface area contributed by atoms with E-state index in [0.29, 0.717) is 0 Å². The lowest BCUT2D eigenvalue weighted by Gasteiger charge is -2.24. The van der Waals surface area contributed by atoms with E-state index in [1.807, 2.05) is 0 Å². The van der Waals surface area contributed by atoms with Gasteiger partial charge in [-0.2, -0.15) is 0 Å². The van der Waals surface area contributed by atoms with Gasteiger partial charge in [0.25, 0.3) is 0 Å². The van der Waals surface area contributed by atoms with E-state index in [9.17, 15) is 19.8 Å². The molecule has 1 aliphatic carbocycles. The quantitative estimate of drug-likeness (QED) is 0.713. The van der Waals surface area contributed by atoms with Gasteiger partial charge < -0.3 is 15.0 Å². The first kappa shape index (κ1) is 11.2. The standard InChI is InChI=1S/C8H6Cl2O4/c9-4-1-8(14,3-6(11)12)2-5(10)7(4)13/h1-2,14H,3H2,(H,11,12)/p-1. The Morgan fingerprint density at radius 1 is 1.43 bits per heavy atom. The molecule has 14 heavy (non-hydrogen) atoms. The van der Waals surface area contributed by atoms with Crippen LogP contribution in [0.4, 0.5) is 0 Å². The zero-order valence-electron chi connectivity index (χ0n) is 6.79. The molecular weight excluding hydrogens is 231 g/mol. The number of hydrogen-bond donors (Lipinski definition) is 1. The Labute approximate surface area is 89.4 Å². The predicted octanol–water partition coefficient (Wildman–Crippen LogP) is -0.314. The van der Waals surface area contributed by atoms with Crippen LogP contribution in [0.5, 0.6) is 0 Å². The number of aliphatic hydroxyl groups is 1. The van der Waals surface area contributed by atoms with Crippen molar-refractivity contribution < 1.29 is 19.8 Å². The number of rotatable bonds is 2. The molecule has 0 aliphatic heterocycles. The fourth-order valence-electron chi connectivity index (χ4n) is 1.06. The second-order valence-corrected chi connectivity index (χ2v) is 3.67. The number of aliphatic carboxylic acids is 1. The maximum atomic E-state index is 11.0. The number of carbonyl (C=O) groups is 2. The molecule has 0 saturated carbocycles. The SMILES string of the molecule is O=C([O-])CC1(O)C=C(Cl)C(=O)C(Cl)=C1. The molecule has 6 heteroatoms. The van der Waals surface area contributed by atoms with Crippen LogP contribution in [0.1, 0.15) is 6.42 Å². The minimum atomic E-state index is -1.85. The number of carboxylic acids is 1. The smallest absolute Gasteiger partial charge is 0.215 e. The Bertz CT molecular complexity index is 334. The van der Waals surface area contributed by atoms with Gasteiger partial charge in [0.05, 0.1) is 10.1 Å². The molecule has 0 bridgehead atoms. The highest BCUT2D eigenvalue weighted by Crippen LogP contribution is 2.29. The summed E-state index contributed by atoms with van der Waals surface area (Å²) < 4.78 is 0. The van der Waals surface area contributed by atoms with E-state index in [-0.39, 0.29) is 10.1 Å². The molecule has 0 atom stereocenters. The van der Waals surface area contributed by atoms with Crippen molar-refractivity contribution in [3.63, 3.8) is 0 Å². The summed E-state index contributed by atoms with van der Waals surface area (Å²) in [6.07, 6.45) is 1.16. The molecule has 0 saturated heterocycles. The van der Waals surface area contributed by atoms with E-state index in [1.165, 1.54) is 0 Å². The Morgan fingerprint density at radius 3 is 2.21 bits per heavy atom. The molecule has 0 unspecified atom stereocenters. The van der Waals surface area contributed by atoms with Crippen LogP contribution < -0.4 is 5.11 Å². The Hall–Kier alpha value is -0.840.